The summed E-state index contributed by atoms with van der Waals surface area (Å²) in [7, 11) is -3.47. The van der Waals surface area contributed by atoms with Crippen molar-refractivity contribution in [1.29, 1.82) is 0 Å². The van der Waals surface area contributed by atoms with Crippen LogP contribution in [0.4, 0.5) is 0 Å². The van der Waals surface area contributed by atoms with E-state index in [1.807, 2.05) is 13.8 Å². The molecule has 2 rings (SSSR count). The standard InChI is InChI=1S/C12H20N2O3S2/c1-8(10-3-4-17-7-10)14-19(15,16)12-5-11(6-13)18-9(12)2/h5,8,10,14H,3-4,6-7,13H2,1-2H3. The molecule has 19 heavy (non-hydrogen) atoms. The molecule has 0 radical (unpaired) electrons. The van der Waals surface area contributed by atoms with Crippen molar-refractivity contribution in [2.45, 2.75) is 37.8 Å². The smallest absolute Gasteiger partial charge is 0.241 e. The molecule has 5 nitrogen and oxygen atoms in total. The number of aryl methyl sites for hydroxylation is 1. The van der Waals surface area contributed by atoms with Gasteiger partial charge >= 0.3 is 0 Å². The number of hydrogen-bond donors (Lipinski definition) is 2. The van der Waals surface area contributed by atoms with Crippen molar-refractivity contribution >= 4 is 21.4 Å². The minimum Gasteiger partial charge on any atom is -0.381 e. The van der Waals surface area contributed by atoms with Crippen molar-refractivity contribution < 1.29 is 13.2 Å². The number of hydrogen-bond acceptors (Lipinski definition) is 5. The van der Waals surface area contributed by atoms with Crippen LogP contribution in [0, 0.1) is 12.8 Å². The Morgan fingerprint density at radius 3 is 2.89 bits per heavy atom. The molecule has 1 aliphatic heterocycles. The van der Waals surface area contributed by atoms with E-state index in [0.717, 1.165) is 16.2 Å². The van der Waals surface area contributed by atoms with Crippen LogP contribution in [0.1, 0.15) is 23.1 Å². The SMILES string of the molecule is Cc1sc(CN)cc1S(=O)(=O)NC(C)C1CCOC1. The summed E-state index contributed by atoms with van der Waals surface area (Å²) < 4.78 is 32.8. The third-order valence-corrected chi connectivity index (χ3v) is 6.31. The first-order valence-electron chi connectivity index (χ1n) is 6.33. The van der Waals surface area contributed by atoms with Gasteiger partial charge in [-0.25, -0.2) is 13.1 Å². The molecule has 108 valence electrons. The van der Waals surface area contributed by atoms with E-state index >= 15 is 0 Å². The van der Waals surface area contributed by atoms with E-state index in [-0.39, 0.29) is 12.0 Å². The summed E-state index contributed by atoms with van der Waals surface area (Å²) in [5.41, 5.74) is 5.55. The van der Waals surface area contributed by atoms with Crippen LogP contribution in [-0.2, 0) is 21.3 Å². The van der Waals surface area contributed by atoms with Gasteiger partial charge in [0.2, 0.25) is 10.0 Å². The molecule has 2 unspecified atom stereocenters. The average Bonchev–Trinajstić information content (AvgIpc) is 2.96. The van der Waals surface area contributed by atoms with Crippen LogP contribution in [0.5, 0.6) is 0 Å². The number of nitrogens with one attached hydrogen (secondary N) is 1. The first-order chi connectivity index (χ1) is 8.94. The molecular weight excluding hydrogens is 284 g/mol. The number of sulfonamides is 1. The fourth-order valence-electron chi connectivity index (χ4n) is 2.24. The van der Waals surface area contributed by atoms with Gasteiger partial charge in [0.15, 0.2) is 0 Å². The van der Waals surface area contributed by atoms with Crippen LogP contribution in [0.2, 0.25) is 0 Å². The Morgan fingerprint density at radius 1 is 1.63 bits per heavy atom. The molecule has 1 saturated heterocycles. The van der Waals surface area contributed by atoms with Crippen LogP contribution >= 0.6 is 11.3 Å². The number of rotatable bonds is 5. The maximum absolute atomic E-state index is 12.4. The summed E-state index contributed by atoms with van der Waals surface area (Å²) in [5.74, 6) is 0.252. The van der Waals surface area contributed by atoms with Gasteiger partial charge in [0.05, 0.1) is 11.5 Å². The van der Waals surface area contributed by atoms with Gasteiger partial charge in [-0.05, 0) is 26.3 Å². The fraction of sp³-hybridized carbons (Fsp3) is 0.667. The molecule has 0 aliphatic carbocycles. The minimum absolute atomic E-state index is 0.117. The van der Waals surface area contributed by atoms with E-state index < -0.39 is 10.0 Å². The highest BCUT2D eigenvalue weighted by molar-refractivity contribution is 7.89. The molecule has 3 N–H and O–H groups in total. The van der Waals surface area contributed by atoms with Crippen molar-refractivity contribution in [1.82, 2.24) is 4.72 Å². The van der Waals surface area contributed by atoms with Crippen molar-refractivity contribution in [2.75, 3.05) is 13.2 Å². The quantitative estimate of drug-likeness (QED) is 0.857. The molecule has 0 bridgehead atoms. The Kier molecular flexibility index (Phi) is 4.62. The second kappa shape index (κ2) is 5.88. The maximum atomic E-state index is 12.4. The molecule has 1 aromatic heterocycles. The third-order valence-electron chi connectivity index (χ3n) is 3.43. The Morgan fingerprint density at radius 2 is 2.37 bits per heavy atom. The second-order valence-corrected chi connectivity index (χ2v) is 7.89. The lowest BCUT2D eigenvalue weighted by Gasteiger charge is -2.19. The Balaban J connectivity index is 2.14. The highest BCUT2D eigenvalue weighted by Gasteiger charge is 2.28. The molecular formula is C12H20N2O3S2. The Bertz CT molecular complexity index is 533. The molecule has 2 heterocycles. The topological polar surface area (TPSA) is 81.4 Å². The van der Waals surface area contributed by atoms with Gasteiger partial charge in [-0.1, -0.05) is 0 Å². The summed E-state index contributed by atoms with van der Waals surface area (Å²) in [6.07, 6.45) is 0.903. The molecule has 0 aromatic carbocycles. The van der Waals surface area contributed by atoms with E-state index in [1.165, 1.54) is 11.3 Å². The normalized spacial score (nSPS) is 21.7. The van der Waals surface area contributed by atoms with E-state index in [9.17, 15) is 8.42 Å². The maximum Gasteiger partial charge on any atom is 0.241 e. The highest BCUT2D eigenvalue weighted by Crippen LogP contribution is 2.26. The average molecular weight is 304 g/mol. The van der Waals surface area contributed by atoms with Gasteiger partial charge < -0.3 is 10.5 Å². The highest BCUT2D eigenvalue weighted by atomic mass is 32.2. The number of ether oxygens (including phenoxy) is 1. The monoisotopic (exact) mass is 304 g/mol. The predicted molar refractivity (Wildman–Crippen MR) is 75.7 cm³/mol. The van der Waals surface area contributed by atoms with Crippen molar-refractivity contribution in [3.05, 3.63) is 15.8 Å². The lowest BCUT2D eigenvalue weighted by molar-refractivity contribution is 0.180. The van der Waals surface area contributed by atoms with Crippen molar-refractivity contribution in [3.63, 3.8) is 0 Å². The van der Waals surface area contributed by atoms with Gasteiger partial charge in [0.1, 0.15) is 0 Å². The molecule has 0 amide bonds. The molecule has 0 saturated carbocycles. The molecule has 2 atom stereocenters. The van der Waals surface area contributed by atoms with Crippen LogP contribution in [0.3, 0.4) is 0 Å². The van der Waals surface area contributed by atoms with Gasteiger partial charge in [-0.15, -0.1) is 11.3 Å². The minimum atomic E-state index is -3.47. The molecule has 1 aliphatic rings. The Labute approximate surface area is 118 Å². The number of nitrogens with two attached hydrogens (primary N) is 1. The first kappa shape index (κ1) is 14.9. The lowest BCUT2D eigenvalue weighted by atomic mass is 10.0. The van der Waals surface area contributed by atoms with Gasteiger partial charge in [0, 0.05) is 34.9 Å². The van der Waals surface area contributed by atoms with E-state index in [2.05, 4.69) is 4.72 Å². The van der Waals surface area contributed by atoms with Gasteiger partial charge in [-0.3, -0.25) is 0 Å². The fourth-order valence-corrected chi connectivity index (χ4v) is 5.07. The predicted octanol–water partition coefficient (Wildman–Crippen LogP) is 1.22. The van der Waals surface area contributed by atoms with Crippen LogP contribution in [-0.4, -0.2) is 27.7 Å². The summed E-state index contributed by atoms with van der Waals surface area (Å²) in [6, 6.07) is 1.55. The zero-order valence-corrected chi connectivity index (χ0v) is 12.8. The summed E-state index contributed by atoms with van der Waals surface area (Å²) in [4.78, 5) is 2.02. The van der Waals surface area contributed by atoms with Gasteiger partial charge in [0.25, 0.3) is 0 Å². The summed E-state index contributed by atoms with van der Waals surface area (Å²) in [5, 5.41) is 0. The molecule has 7 heteroatoms. The zero-order chi connectivity index (χ0) is 14.0. The zero-order valence-electron chi connectivity index (χ0n) is 11.2. The third kappa shape index (κ3) is 3.35. The Hall–Kier alpha value is -0.470. The summed E-state index contributed by atoms with van der Waals surface area (Å²) >= 11 is 1.43. The second-order valence-electron chi connectivity index (χ2n) is 4.87. The summed E-state index contributed by atoms with van der Waals surface area (Å²) in [6.45, 7) is 5.41. The van der Waals surface area contributed by atoms with Crippen molar-refractivity contribution in [3.8, 4) is 0 Å². The van der Waals surface area contributed by atoms with Crippen LogP contribution in [0.25, 0.3) is 0 Å². The van der Waals surface area contributed by atoms with E-state index in [4.69, 9.17) is 10.5 Å². The van der Waals surface area contributed by atoms with Crippen molar-refractivity contribution in [2.24, 2.45) is 11.7 Å². The molecule has 1 aromatic rings. The first-order valence-corrected chi connectivity index (χ1v) is 8.63. The molecule has 1 fully saturated rings. The molecule has 0 spiro atoms. The van der Waals surface area contributed by atoms with Crippen LogP contribution in [0.15, 0.2) is 11.0 Å². The lowest BCUT2D eigenvalue weighted by Crippen LogP contribution is -2.38. The number of thiophene rings is 1. The van der Waals surface area contributed by atoms with E-state index in [1.54, 1.807) is 6.07 Å². The van der Waals surface area contributed by atoms with E-state index in [0.29, 0.717) is 24.7 Å². The van der Waals surface area contributed by atoms with Gasteiger partial charge in [-0.2, -0.15) is 0 Å². The van der Waals surface area contributed by atoms with Crippen LogP contribution < -0.4 is 10.5 Å². The largest absolute Gasteiger partial charge is 0.381 e.